The molecular formula is C30H29BrF3N3O4. The largest absolute Gasteiger partial charge is 0.494 e. The summed E-state index contributed by atoms with van der Waals surface area (Å²) in [5.41, 5.74) is 4.76. The van der Waals surface area contributed by atoms with Gasteiger partial charge in [-0.1, -0.05) is 58.4 Å². The van der Waals surface area contributed by atoms with E-state index in [2.05, 4.69) is 33.4 Å². The Morgan fingerprint density at radius 1 is 1.15 bits per heavy atom. The van der Waals surface area contributed by atoms with E-state index in [0.717, 1.165) is 12.1 Å². The van der Waals surface area contributed by atoms with Gasteiger partial charge < -0.3 is 14.6 Å². The van der Waals surface area contributed by atoms with Crippen molar-refractivity contribution in [3.8, 4) is 5.75 Å². The van der Waals surface area contributed by atoms with Crippen LogP contribution in [0.3, 0.4) is 0 Å². The smallest absolute Gasteiger partial charge is 0.416 e. The number of nitrogens with zero attached hydrogens (tertiary/aromatic N) is 1. The number of benzene rings is 3. The molecule has 11 heteroatoms. The molecule has 0 radical (unpaired) electrons. The summed E-state index contributed by atoms with van der Waals surface area (Å²) < 4.78 is 52.0. The van der Waals surface area contributed by atoms with E-state index < -0.39 is 29.3 Å². The average Bonchev–Trinajstić information content (AvgIpc) is 3.34. The third-order valence-corrected chi connectivity index (χ3v) is 7.14. The van der Waals surface area contributed by atoms with Crippen molar-refractivity contribution in [2.24, 2.45) is 4.99 Å². The lowest BCUT2D eigenvalue weighted by Crippen LogP contribution is -2.52. The van der Waals surface area contributed by atoms with Crippen LogP contribution in [0.2, 0.25) is 0 Å². The first kappa shape index (κ1) is 30.3. The molecule has 1 aliphatic heterocycles. The van der Waals surface area contributed by atoms with E-state index in [1.54, 1.807) is 30.3 Å². The van der Waals surface area contributed by atoms with Crippen LogP contribution in [0.15, 0.2) is 94.9 Å². The molecule has 216 valence electrons. The Labute approximate surface area is 244 Å². The fourth-order valence-corrected chi connectivity index (χ4v) is 4.89. The number of hydrogen-bond acceptors (Lipinski definition) is 6. The molecule has 1 amide bonds. The molecule has 2 atom stereocenters. The van der Waals surface area contributed by atoms with Crippen LogP contribution in [0, 0.1) is 0 Å². The first-order valence-corrected chi connectivity index (χ1v) is 13.6. The molecule has 1 heterocycles. The van der Waals surface area contributed by atoms with Gasteiger partial charge in [0.05, 0.1) is 12.2 Å². The highest BCUT2D eigenvalue weighted by atomic mass is 79.9. The molecule has 0 fully saturated rings. The maximum absolute atomic E-state index is 13.8. The second-order valence-electron chi connectivity index (χ2n) is 9.31. The summed E-state index contributed by atoms with van der Waals surface area (Å²) >= 11 is 3.55. The highest BCUT2D eigenvalue weighted by Crippen LogP contribution is 2.44. The summed E-state index contributed by atoms with van der Waals surface area (Å²) in [6, 6.07) is 19.2. The van der Waals surface area contributed by atoms with Crippen LogP contribution < -0.4 is 15.6 Å². The zero-order valence-corrected chi connectivity index (χ0v) is 23.5. The standard InChI is InChI=1S/C30H29BrF3N3O4/c1-2-15-29(28(39)37-35-19-20-7-5-8-22(18-20)30(32,33)34)26(24-9-3-4-10-25(24)31)41-27(36-29)21-11-13-23(14-12-21)40-17-6-16-38/h2-5,7-14,18,26,35,38H,1,6,15-17,19H2,(H,37,39)/t26-,29-/m0/s1. The van der Waals surface area contributed by atoms with E-state index in [1.807, 2.05) is 24.3 Å². The minimum Gasteiger partial charge on any atom is -0.494 e. The molecule has 0 unspecified atom stereocenters. The van der Waals surface area contributed by atoms with Crippen molar-refractivity contribution in [2.75, 3.05) is 13.2 Å². The van der Waals surface area contributed by atoms with E-state index >= 15 is 0 Å². The number of aliphatic imine (C=N–C) groups is 1. The predicted octanol–water partition coefficient (Wildman–Crippen LogP) is 5.88. The SMILES string of the molecule is C=CC[C@]1(C(=O)NNCc2cccc(C(F)(F)F)c2)N=C(c2ccc(OCCCO)cc2)O[C@H]1c1ccccc1Br. The van der Waals surface area contributed by atoms with Crippen molar-refractivity contribution in [1.82, 2.24) is 10.9 Å². The number of aliphatic hydroxyl groups excluding tert-OH is 1. The lowest BCUT2D eigenvalue weighted by molar-refractivity contribution is -0.137. The minimum absolute atomic E-state index is 0.0292. The predicted molar refractivity (Wildman–Crippen MR) is 152 cm³/mol. The first-order chi connectivity index (χ1) is 19.7. The molecule has 0 aliphatic carbocycles. The van der Waals surface area contributed by atoms with E-state index in [0.29, 0.717) is 39.9 Å². The highest BCUT2D eigenvalue weighted by molar-refractivity contribution is 9.10. The van der Waals surface area contributed by atoms with Gasteiger partial charge in [0.15, 0.2) is 11.6 Å². The molecule has 7 nitrogen and oxygen atoms in total. The Kier molecular flexibility index (Phi) is 9.85. The normalized spacial score (nSPS) is 18.4. The fraction of sp³-hybridized carbons (Fsp3) is 0.267. The summed E-state index contributed by atoms with van der Waals surface area (Å²) in [5, 5.41) is 8.96. The third kappa shape index (κ3) is 7.16. The number of rotatable bonds is 12. The number of halogens is 4. The Morgan fingerprint density at radius 2 is 1.90 bits per heavy atom. The molecule has 41 heavy (non-hydrogen) atoms. The number of aliphatic hydroxyl groups is 1. The Hall–Kier alpha value is -3.67. The number of hydrazine groups is 1. The number of carbonyl (C=O) groups is 1. The zero-order valence-electron chi connectivity index (χ0n) is 22.0. The van der Waals surface area contributed by atoms with Gasteiger partial charge in [-0.2, -0.15) is 13.2 Å². The Bertz CT molecular complexity index is 1400. The van der Waals surface area contributed by atoms with Crippen molar-refractivity contribution in [3.63, 3.8) is 0 Å². The van der Waals surface area contributed by atoms with Gasteiger partial charge in [0.25, 0.3) is 5.91 Å². The van der Waals surface area contributed by atoms with Crippen molar-refractivity contribution < 1.29 is 32.5 Å². The fourth-order valence-electron chi connectivity index (χ4n) is 4.39. The van der Waals surface area contributed by atoms with Crippen LogP contribution in [-0.2, 0) is 22.3 Å². The van der Waals surface area contributed by atoms with Gasteiger partial charge in [-0.05, 0) is 42.0 Å². The molecule has 0 aromatic heterocycles. The monoisotopic (exact) mass is 631 g/mol. The van der Waals surface area contributed by atoms with Crippen molar-refractivity contribution in [2.45, 2.75) is 37.2 Å². The minimum atomic E-state index is -4.47. The van der Waals surface area contributed by atoms with Crippen LogP contribution >= 0.6 is 15.9 Å². The van der Waals surface area contributed by atoms with Gasteiger partial charge in [-0.3, -0.25) is 10.2 Å². The maximum atomic E-state index is 13.8. The van der Waals surface area contributed by atoms with Gasteiger partial charge in [-0.25, -0.2) is 10.4 Å². The number of carbonyl (C=O) groups excluding carboxylic acids is 1. The molecule has 1 aliphatic rings. The topological polar surface area (TPSA) is 92.2 Å². The molecule has 0 saturated carbocycles. The van der Waals surface area contributed by atoms with Crippen LogP contribution in [-0.4, -0.2) is 35.7 Å². The average molecular weight is 632 g/mol. The van der Waals surface area contributed by atoms with E-state index in [1.165, 1.54) is 12.1 Å². The first-order valence-electron chi connectivity index (χ1n) is 12.8. The quantitative estimate of drug-likeness (QED) is 0.132. The second-order valence-corrected chi connectivity index (χ2v) is 10.2. The second kappa shape index (κ2) is 13.3. The molecule has 0 bridgehead atoms. The Morgan fingerprint density at radius 3 is 2.59 bits per heavy atom. The number of alkyl halides is 3. The molecular weight excluding hydrogens is 603 g/mol. The number of ether oxygens (including phenoxy) is 2. The summed E-state index contributed by atoms with van der Waals surface area (Å²) in [7, 11) is 0. The van der Waals surface area contributed by atoms with Crippen LogP contribution in [0.1, 0.15) is 41.2 Å². The third-order valence-electron chi connectivity index (χ3n) is 6.42. The van der Waals surface area contributed by atoms with Crippen LogP contribution in [0.4, 0.5) is 13.2 Å². The summed E-state index contributed by atoms with van der Waals surface area (Å²) in [4.78, 5) is 18.6. The van der Waals surface area contributed by atoms with Gasteiger partial charge in [0.2, 0.25) is 5.90 Å². The summed E-state index contributed by atoms with van der Waals surface area (Å²) in [6.07, 6.45) is -3.13. The van der Waals surface area contributed by atoms with E-state index in [4.69, 9.17) is 19.6 Å². The number of amides is 1. The molecule has 0 spiro atoms. The number of hydrogen-bond donors (Lipinski definition) is 3. The molecule has 3 aromatic rings. The van der Waals surface area contributed by atoms with Crippen molar-refractivity contribution >= 4 is 27.7 Å². The summed E-state index contributed by atoms with van der Waals surface area (Å²) in [6.45, 7) is 4.18. The zero-order chi connectivity index (χ0) is 29.5. The molecule has 0 saturated heterocycles. The van der Waals surface area contributed by atoms with Crippen LogP contribution in [0.5, 0.6) is 5.75 Å². The van der Waals surface area contributed by atoms with Crippen LogP contribution in [0.25, 0.3) is 0 Å². The van der Waals surface area contributed by atoms with Crippen molar-refractivity contribution in [1.29, 1.82) is 0 Å². The highest BCUT2D eigenvalue weighted by Gasteiger charge is 2.53. The molecule has 3 N–H and O–H groups in total. The van der Waals surface area contributed by atoms with Crippen molar-refractivity contribution in [3.05, 3.63) is 112 Å². The summed E-state index contributed by atoms with van der Waals surface area (Å²) in [5.74, 6) is 0.309. The van der Waals surface area contributed by atoms with E-state index in [9.17, 15) is 18.0 Å². The van der Waals surface area contributed by atoms with Gasteiger partial charge in [0, 0.05) is 41.6 Å². The van der Waals surface area contributed by atoms with Gasteiger partial charge in [0.1, 0.15) is 5.75 Å². The Balaban J connectivity index is 1.61. The number of nitrogens with one attached hydrogen (secondary N) is 2. The lowest BCUT2D eigenvalue weighted by Gasteiger charge is -2.30. The lowest BCUT2D eigenvalue weighted by atomic mass is 9.84. The molecule has 3 aromatic carbocycles. The van der Waals surface area contributed by atoms with Gasteiger partial charge in [-0.15, -0.1) is 6.58 Å². The van der Waals surface area contributed by atoms with E-state index in [-0.39, 0.29) is 25.5 Å². The molecule has 4 rings (SSSR count). The maximum Gasteiger partial charge on any atom is 0.416 e. The van der Waals surface area contributed by atoms with Gasteiger partial charge >= 0.3 is 6.18 Å².